The van der Waals surface area contributed by atoms with Crippen LogP contribution in [0.3, 0.4) is 0 Å². The standard InChI is InChI=1S/C15H22O.3C14H20O.C13H25NO2.2C13H18.C11H22O2S.C9H18O.C8H15N3.C8H16O/c1-15(10-4-3-5-11-15)12-13-6-8-14(16-2)9-7-13;1-14(9-3-4-10-14)11-12-5-7-13(15-2)8-6-12;1-14(8-3-4-9-14)11-12-6-5-7-13(10-12)15-2;1-14(10-4-3-5-11-14)12-6-8-13(15-2)9-7-12;1-12(2,3)16-11(15)14-10-9-13(4)7-5-6-8-13;1-13(10-6-3-7-11-13)12-8-4-2-5-9-12;1-13(9-5-6-10-13)11-12-7-3-2-4-8-12;1-11(7-3-4-8-11)9-5-6-10-14(2,12)13;1-9(7-8-10-2)5-3-4-6-9;1-8(4-2-3-5-8)6-7-10-11-9;1-8(7-9-2)5-3-4-6-8/h6-9H,3-5,10-12H2,1-2H3;5-8H,3-4,9-11H2,1-2H3;5-7,10H,3-4,8-9,11H2,1-2H3;6-9H,3-5,10-11H2,1-2H3;5-10H2,1-4H3,(H,14,15);2,4-5,8-9H,3,6-7,10-11H2,1H3;2-4,7-8H,5-6,9-11H2,1H3;3-10H2,1-2H3;3-8H2,1-2H3;2-7H2,1H3;3-7H2,1-2H3. The number of carbonyl (C=O) groups excluding carboxylic acids is 1. The van der Waals surface area contributed by atoms with Crippen molar-refractivity contribution < 1.29 is 46.4 Å². The fourth-order valence-corrected chi connectivity index (χ4v) is 26.5. The number of ether oxygens (including phenoxy) is 7. The first-order valence-corrected chi connectivity index (χ1v) is 60.8. The molecule has 0 spiro atoms. The molecule has 11 saturated carbocycles. The van der Waals surface area contributed by atoms with E-state index in [1.54, 1.807) is 42.7 Å². The van der Waals surface area contributed by atoms with E-state index < -0.39 is 15.4 Å². The van der Waals surface area contributed by atoms with Crippen molar-refractivity contribution in [1.29, 1.82) is 0 Å². The summed E-state index contributed by atoms with van der Waals surface area (Å²) in [6.07, 6.45) is 77.4. The number of rotatable bonds is 30. The van der Waals surface area contributed by atoms with Crippen LogP contribution in [0.2, 0.25) is 0 Å². The minimum atomic E-state index is -2.74. The van der Waals surface area contributed by atoms with Crippen LogP contribution in [0.1, 0.15) is 471 Å². The zero-order valence-electron chi connectivity index (χ0n) is 97.7. The number of alkyl carbamates (subject to hydrolysis) is 1. The normalized spacial score (nSPS) is 20.6. The number of unbranched alkanes of at least 4 members (excludes halogenated alkanes) is 1. The highest BCUT2D eigenvalue weighted by Crippen LogP contribution is 2.49. The number of hydrogen-bond acceptors (Lipinski definition) is 11. The molecule has 11 aliphatic rings. The largest absolute Gasteiger partial charge is 0.497 e. The number of amides is 1. The summed E-state index contributed by atoms with van der Waals surface area (Å²) >= 11 is 0. The number of azide groups is 1. The molecule has 11 fully saturated rings. The lowest BCUT2D eigenvalue weighted by molar-refractivity contribution is 0.0521. The first kappa shape index (κ1) is 127. The van der Waals surface area contributed by atoms with Crippen LogP contribution >= 0.6 is 0 Å². The summed E-state index contributed by atoms with van der Waals surface area (Å²) in [6.45, 7) is 35.1. The molecule has 15 heteroatoms. The van der Waals surface area contributed by atoms with Gasteiger partial charge in [-0.3, -0.25) is 0 Å². The smallest absolute Gasteiger partial charge is 0.407 e. The van der Waals surface area contributed by atoms with Crippen molar-refractivity contribution in [2.45, 2.75) is 479 Å². The summed E-state index contributed by atoms with van der Waals surface area (Å²) in [5.74, 6) is 4.21. The molecule has 0 aliphatic heterocycles. The molecule has 147 heavy (non-hydrogen) atoms. The van der Waals surface area contributed by atoms with E-state index in [2.05, 4.69) is 243 Å². The van der Waals surface area contributed by atoms with Gasteiger partial charge in [-0.25, -0.2) is 13.2 Å². The minimum absolute atomic E-state index is 0.297. The third kappa shape index (κ3) is 50.6. The lowest BCUT2D eigenvalue weighted by Crippen LogP contribution is -2.34. The second-order valence-electron chi connectivity index (χ2n) is 51.7. The Morgan fingerprint density at radius 2 is 0.639 bits per heavy atom. The number of hydrogen-bond donors (Lipinski definition) is 1. The van der Waals surface area contributed by atoms with E-state index in [1.165, 1.54) is 380 Å². The van der Waals surface area contributed by atoms with Gasteiger partial charge < -0.3 is 38.5 Å². The Hall–Kier alpha value is -7.03. The van der Waals surface area contributed by atoms with Gasteiger partial charge in [0.25, 0.3) is 0 Å². The topological polar surface area (TPSA) is 177 Å². The molecule has 0 heterocycles. The van der Waals surface area contributed by atoms with Gasteiger partial charge in [-0.15, -0.1) is 0 Å². The molecule has 0 radical (unpaired) electrons. The van der Waals surface area contributed by atoms with E-state index in [0.717, 1.165) is 68.4 Å². The number of nitrogens with one attached hydrogen (secondary N) is 1. The molecule has 0 saturated heterocycles. The highest BCUT2D eigenvalue weighted by Gasteiger charge is 2.37. The van der Waals surface area contributed by atoms with Gasteiger partial charge in [-0.05, 0) is 367 Å². The number of carbonyl (C=O) groups is 1. The van der Waals surface area contributed by atoms with Gasteiger partial charge in [0.15, 0.2) is 0 Å². The summed E-state index contributed by atoms with van der Waals surface area (Å²) in [4.78, 5) is 14.2. The van der Waals surface area contributed by atoms with Crippen molar-refractivity contribution in [3.8, 4) is 23.0 Å². The third-order valence-electron chi connectivity index (χ3n) is 35.8. The van der Waals surface area contributed by atoms with E-state index >= 15 is 0 Å². The van der Waals surface area contributed by atoms with Crippen LogP contribution in [0.4, 0.5) is 4.79 Å². The fraction of sp³-hybridized carbons (Fsp3) is 0.720. The minimum Gasteiger partial charge on any atom is -0.497 e. The van der Waals surface area contributed by atoms with Crippen LogP contribution < -0.4 is 24.3 Å². The van der Waals surface area contributed by atoms with Crippen LogP contribution in [-0.4, -0.2) is 101 Å². The number of sulfone groups is 1. The highest BCUT2D eigenvalue weighted by molar-refractivity contribution is 7.90. The van der Waals surface area contributed by atoms with Crippen LogP contribution in [0.5, 0.6) is 23.0 Å². The molecular weight excluding hydrogens is 1830 g/mol. The predicted molar refractivity (Wildman–Crippen MR) is 624 cm³/mol. The number of methoxy groups -OCH3 is 6. The van der Waals surface area contributed by atoms with Crippen LogP contribution in [-0.2, 0) is 60.6 Å². The monoisotopic (exact) mass is 2050 g/mol. The van der Waals surface area contributed by atoms with Gasteiger partial charge in [0.2, 0.25) is 0 Å². The van der Waals surface area contributed by atoms with Crippen molar-refractivity contribution >= 4 is 15.9 Å². The Morgan fingerprint density at radius 3 is 0.993 bits per heavy atom. The van der Waals surface area contributed by atoms with Crippen LogP contribution in [0.15, 0.2) is 163 Å². The van der Waals surface area contributed by atoms with Gasteiger partial charge in [0.05, 0.1) is 35.0 Å². The molecule has 14 nitrogen and oxygen atoms in total. The first-order chi connectivity index (χ1) is 70.0. The Morgan fingerprint density at radius 1 is 0.333 bits per heavy atom. The van der Waals surface area contributed by atoms with Crippen LogP contribution in [0.25, 0.3) is 10.4 Å². The Labute approximate surface area is 900 Å². The van der Waals surface area contributed by atoms with Crippen molar-refractivity contribution in [3.05, 3.63) is 202 Å². The summed E-state index contributed by atoms with van der Waals surface area (Å²) in [5, 5.41) is 6.39. The number of nitrogens with zero attached hydrogens (tertiary/aromatic N) is 3. The van der Waals surface area contributed by atoms with Crippen molar-refractivity contribution in [3.63, 3.8) is 0 Å². The lowest BCUT2D eigenvalue weighted by atomic mass is 9.71. The lowest BCUT2D eigenvalue weighted by Gasteiger charge is -2.34. The molecule has 0 atom stereocenters. The van der Waals surface area contributed by atoms with Gasteiger partial charge in [0, 0.05) is 50.8 Å². The van der Waals surface area contributed by atoms with Gasteiger partial charge >= 0.3 is 6.09 Å². The summed E-state index contributed by atoms with van der Waals surface area (Å²) in [5.41, 5.74) is 22.2. The highest BCUT2D eigenvalue weighted by atomic mass is 32.2. The average Bonchev–Trinajstić information content (AvgIpc) is 1.67. The quantitative estimate of drug-likeness (QED) is 0.0198. The van der Waals surface area contributed by atoms with Crippen molar-refractivity contribution in [2.75, 3.05) is 81.0 Å². The molecule has 0 bridgehead atoms. The SMILES string of the molecule is CC1(CCCCS(C)(=O)=O)CCCC1.CC1(CCN=[N+]=[N-])CCCC1.CC1(CCNC(=O)OC(C)(C)C)CCCC1.CC1(Cc2ccccc2)CCCC1.CC1(c2ccccc2)CCCCC1.COCC1(C)CCCC1.COCCC1(C)CCCC1.COc1ccc(C2(C)CCCCC2)cc1.COc1ccc(CC2(C)CCCC2)cc1.COc1ccc(CC2(C)CCCCC2)cc1.COc1cccc(CC2(C)CCCC2)c1. The maximum Gasteiger partial charge on any atom is 0.407 e. The molecule has 17 rings (SSSR count). The van der Waals surface area contributed by atoms with E-state index in [-0.39, 0.29) is 6.09 Å². The molecule has 11 aliphatic carbocycles. The van der Waals surface area contributed by atoms with Gasteiger partial charge in [-0.1, -0.05) is 357 Å². The molecule has 1 N–H and O–H groups in total. The Kier molecular flexibility index (Phi) is 56.0. The average molecular weight is 2050 g/mol. The second kappa shape index (κ2) is 64.9. The zero-order valence-corrected chi connectivity index (χ0v) is 98.5. The van der Waals surface area contributed by atoms with Crippen molar-refractivity contribution in [1.82, 2.24) is 5.32 Å². The molecule has 6 aromatic carbocycles. The van der Waals surface area contributed by atoms with E-state index in [4.69, 9.17) is 38.7 Å². The van der Waals surface area contributed by atoms with E-state index in [1.807, 2.05) is 26.8 Å². The molecule has 828 valence electrons. The van der Waals surface area contributed by atoms with E-state index in [9.17, 15) is 13.2 Å². The summed E-state index contributed by atoms with van der Waals surface area (Å²) in [7, 11) is 7.73. The van der Waals surface area contributed by atoms with E-state index in [0.29, 0.717) is 71.9 Å². The summed E-state index contributed by atoms with van der Waals surface area (Å²) < 4.78 is 58.0. The summed E-state index contributed by atoms with van der Waals surface area (Å²) in [6, 6.07) is 56.1. The second-order valence-corrected chi connectivity index (χ2v) is 54.0. The fourth-order valence-electron chi connectivity index (χ4n) is 25.8. The molecule has 1 amide bonds. The molecule has 6 aromatic rings. The predicted octanol–water partition coefficient (Wildman–Crippen LogP) is 37.8. The maximum atomic E-state index is 11.4. The maximum absolute atomic E-state index is 11.4. The Balaban J connectivity index is 0.000000220. The number of benzene rings is 6. The van der Waals surface area contributed by atoms with Gasteiger partial charge in [0.1, 0.15) is 38.4 Å². The third-order valence-corrected chi connectivity index (χ3v) is 36.8. The molecule has 0 unspecified atom stereocenters. The first-order valence-electron chi connectivity index (χ1n) is 58.8. The molecule has 0 aromatic heterocycles. The zero-order chi connectivity index (χ0) is 107. The van der Waals surface area contributed by atoms with Crippen molar-refractivity contribution in [2.24, 2.45) is 53.8 Å². The molecular formula is C132H214N4O10S. The van der Waals surface area contributed by atoms with Crippen LogP contribution in [0, 0.1) is 48.7 Å². The Bertz CT molecular complexity index is 4630. The van der Waals surface area contributed by atoms with Gasteiger partial charge in [-0.2, -0.15) is 0 Å².